The molecular weight excluding hydrogens is 405 g/mol. The van der Waals surface area contributed by atoms with Crippen LogP contribution < -0.4 is 4.72 Å². The maximum absolute atomic E-state index is 13.4. The highest BCUT2D eigenvalue weighted by Crippen LogP contribution is 2.26. The van der Waals surface area contributed by atoms with Crippen LogP contribution in [0.2, 0.25) is 5.02 Å². The van der Waals surface area contributed by atoms with Crippen molar-refractivity contribution >= 4 is 34.5 Å². The molecule has 2 aromatic carbocycles. The molecule has 1 fully saturated rings. The van der Waals surface area contributed by atoms with E-state index in [1.807, 2.05) is 6.92 Å². The van der Waals surface area contributed by atoms with Crippen LogP contribution >= 0.6 is 11.6 Å². The van der Waals surface area contributed by atoms with Crippen molar-refractivity contribution in [1.82, 2.24) is 9.80 Å². The fourth-order valence-corrected chi connectivity index (χ4v) is 3.77. The molecule has 0 aromatic heterocycles. The lowest BCUT2D eigenvalue weighted by Crippen LogP contribution is -2.49. The van der Waals surface area contributed by atoms with Gasteiger partial charge in [0.25, 0.3) is 5.91 Å². The largest absolute Gasteiger partial charge is 0.755 e. The van der Waals surface area contributed by atoms with E-state index in [1.54, 1.807) is 41.3 Å². The molecule has 1 N–H and O–H groups in total. The summed E-state index contributed by atoms with van der Waals surface area (Å²) in [4.78, 5) is 16.7. The first kappa shape index (κ1) is 20.7. The Hall–Kier alpha value is -2.00. The van der Waals surface area contributed by atoms with Crippen molar-refractivity contribution in [3.8, 4) is 0 Å². The van der Waals surface area contributed by atoms with Gasteiger partial charge in [-0.05, 0) is 48.9 Å². The van der Waals surface area contributed by atoms with E-state index in [2.05, 4.69) is 9.62 Å². The summed E-state index contributed by atoms with van der Waals surface area (Å²) in [6.45, 7) is 4.56. The molecule has 0 radical (unpaired) electrons. The number of piperazine rings is 1. The van der Waals surface area contributed by atoms with Crippen molar-refractivity contribution in [1.29, 1.82) is 0 Å². The number of benzene rings is 2. The molecule has 2 atom stereocenters. The smallest absolute Gasteiger partial charge is 0.253 e. The Kier molecular flexibility index (Phi) is 6.66. The van der Waals surface area contributed by atoms with Crippen molar-refractivity contribution in [2.45, 2.75) is 13.0 Å². The lowest BCUT2D eigenvalue weighted by atomic mass is 10.1. The molecule has 28 heavy (non-hydrogen) atoms. The van der Waals surface area contributed by atoms with Crippen LogP contribution in [-0.4, -0.2) is 50.6 Å². The summed E-state index contributed by atoms with van der Waals surface area (Å²) in [5.74, 6) is -0.525. The molecule has 0 bridgehead atoms. The Morgan fingerprint density at radius 3 is 2.39 bits per heavy atom. The zero-order chi connectivity index (χ0) is 20.3. The molecule has 1 amide bonds. The highest BCUT2D eigenvalue weighted by Gasteiger charge is 2.25. The van der Waals surface area contributed by atoms with Crippen LogP contribution in [0.1, 0.15) is 28.9 Å². The number of rotatable bonds is 5. The Bertz CT molecular complexity index is 873. The van der Waals surface area contributed by atoms with Crippen LogP contribution in [0.25, 0.3) is 0 Å². The average molecular weight is 425 g/mol. The van der Waals surface area contributed by atoms with Crippen LogP contribution in [0.5, 0.6) is 0 Å². The lowest BCUT2D eigenvalue weighted by Gasteiger charge is -2.38. The van der Waals surface area contributed by atoms with E-state index in [0.29, 0.717) is 37.4 Å². The second-order valence-corrected chi connectivity index (χ2v) is 7.67. The fraction of sp³-hybridized carbons (Fsp3) is 0.316. The summed E-state index contributed by atoms with van der Waals surface area (Å²) >= 11 is 3.49. The third-order valence-electron chi connectivity index (χ3n) is 4.91. The van der Waals surface area contributed by atoms with Gasteiger partial charge in [0, 0.05) is 54.7 Å². The zero-order valence-corrected chi connectivity index (χ0v) is 16.8. The van der Waals surface area contributed by atoms with Crippen molar-refractivity contribution in [2.24, 2.45) is 0 Å². The quantitative estimate of drug-likeness (QED) is 0.748. The predicted octanol–water partition coefficient (Wildman–Crippen LogP) is 3.20. The van der Waals surface area contributed by atoms with Gasteiger partial charge >= 0.3 is 0 Å². The Labute approximate surface area is 170 Å². The molecular formula is C19H20ClFN3O3S-. The summed E-state index contributed by atoms with van der Waals surface area (Å²) in [6, 6.07) is 11.1. The van der Waals surface area contributed by atoms with Gasteiger partial charge in [0.2, 0.25) is 0 Å². The third-order valence-corrected chi connectivity index (χ3v) is 5.60. The Morgan fingerprint density at radius 2 is 1.82 bits per heavy atom. The first-order chi connectivity index (χ1) is 13.3. The summed E-state index contributed by atoms with van der Waals surface area (Å²) < 4.78 is 36.9. The maximum Gasteiger partial charge on any atom is 0.253 e. The van der Waals surface area contributed by atoms with Gasteiger partial charge in [-0.3, -0.25) is 13.9 Å². The van der Waals surface area contributed by atoms with Gasteiger partial charge in [0.05, 0.1) is 5.02 Å². The summed E-state index contributed by atoms with van der Waals surface area (Å²) in [6.07, 6.45) is 0. The standard InChI is InChI=1S/C19H21ClFN3O3S/c1-13(15-4-7-18(21)17(20)12-15)23-8-10-24(11-9-23)19(25)14-2-5-16(6-3-14)22-28(26)27/h2-7,12-13,22H,8-11H2,1H3,(H,26,27)/p-1. The number of nitrogens with zero attached hydrogens (tertiary/aromatic N) is 2. The van der Waals surface area contributed by atoms with Gasteiger partial charge in [0.15, 0.2) is 0 Å². The SMILES string of the molecule is CC(c1ccc(F)c(Cl)c1)N1CCN(C(=O)c2ccc(NS(=O)[O-])cc2)CC1. The number of nitrogens with one attached hydrogen (secondary N) is 1. The molecule has 0 aliphatic carbocycles. The maximum atomic E-state index is 13.4. The Balaban J connectivity index is 1.59. The molecule has 1 heterocycles. The van der Waals surface area contributed by atoms with Gasteiger partial charge in [0.1, 0.15) is 5.82 Å². The molecule has 1 aliphatic heterocycles. The monoisotopic (exact) mass is 424 g/mol. The van der Waals surface area contributed by atoms with Crippen LogP contribution in [0.15, 0.2) is 42.5 Å². The van der Waals surface area contributed by atoms with Crippen LogP contribution in [0.3, 0.4) is 0 Å². The molecule has 150 valence electrons. The second-order valence-electron chi connectivity index (χ2n) is 6.59. The summed E-state index contributed by atoms with van der Waals surface area (Å²) in [5.41, 5.74) is 1.85. The van der Waals surface area contributed by atoms with Gasteiger partial charge < -0.3 is 14.2 Å². The molecule has 9 heteroatoms. The van der Waals surface area contributed by atoms with Gasteiger partial charge in [-0.1, -0.05) is 17.7 Å². The van der Waals surface area contributed by atoms with E-state index in [4.69, 9.17) is 11.6 Å². The molecule has 0 saturated carbocycles. The topological polar surface area (TPSA) is 75.7 Å². The minimum absolute atomic E-state index is 0.0636. The molecule has 2 aromatic rings. The van der Waals surface area contributed by atoms with Gasteiger partial charge in [-0.2, -0.15) is 0 Å². The normalized spacial score (nSPS) is 17.2. The number of hydrogen-bond acceptors (Lipinski definition) is 4. The third kappa shape index (κ3) is 4.88. The van der Waals surface area contributed by atoms with E-state index in [0.717, 1.165) is 5.56 Å². The molecule has 0 spiro atoms. The molecule has 1 aliphatic rings. The number of carbonyl (C=O) groups is 1. The number of hydrogen-bond donors (Lipinski definition) is 1. The van der Waals surface area contributed by atoms with Gasteiger partial charge in [-0.15, -0.1) is 0 Å². The predicted molar refractivity (Wildman–Crippen MR) is 106 cm³/mol. The van der Waals surface area contributed by atoms with E-state index >= 15 is 0 Å². The van der Waals surface area contributed by atoms with E-state index in [-0.39, 0.29) is 17.0 Å². The van der Waals surface area contributed by atoms with Crippen LogP contribution in [0.4, 0.5) is 10.1 Å². The highest BCUT2D eigenvalue weighted by atomic mass is 35.5. The summed E-state index contributed by atoms with van der Waals surface area (Å²) in [7, 11) is 0. The zero-order valence-electron chi connectivity index (χ0n) is 15.2. The second kappa shape index (κ2) is 9.00. The van der Waals surface area contributed by atoms with Crippen LogP contribution in [-0.2, 0) is 11.3 Å². The van der Waals surface area contributed by atoms with E-state index in [9.17, 15) is 17.9 Å². The van der Waals surface area contributed by atoms with Crippen molar-refractivity contribution in [2.75, 3.05) is 30.9 Å². The van der Waals surface area contributed by atoms with E-state index < -0.39 is 17.1 Å². The average Bonchev–Trinajstić information content (AvgIpc) is 2.69. The molecule has 1 saturated heterocycles. The molecule has 2 unspecified atom stereocenters. The van der Waals surface area contributed by atoms with Crippen LogP contribution in [0, 0.1) is 5.82 Å². The highest BCUT2D eigenvalue weighted by molar-refractivity contribution is 7.80. The number of amides is 1. The van der Waals surface area contributed by atoms with Gasteiger partial charge in [-0.25, -0.2) is 4.39 Å². The lowest BCUT2D eigenvalue weighted by molar-refractivity contribution is 0.0582. The number of halogens is 2. The number of carbonyl (C=O) groups excluding carboxylic acids is 1. The van der Waals surface area contributed by atoms with Crippen molar-refractivity contribution < 1.29 is 17.9 Å². The summed E-state index contributed by atoms with van der Waals surface area (Å²) in [5, 5.41) is 0.108. The molecule has 3 rings (SSSR count). The minimum atomic E-state index is -2.40. The first-order valence-corrected chi connectivity index (χ1v) is 10.2. The molecule has 6 nitrogen and oxygen atoms in total. The minimum Gasteiger partial charge on any atom is -0.755 e. The fourth-order valence-electron chi connectivity index (χ4n) is 3.26. The first-order valence-electron chi connectivity index (χ1n) is 8.79. The number of anilines is 1. The van der Waals surface area contributed by atoms with Crippen molar-refractivity contribution in [3.05, 3.63) is 64.4 Å². The van der Waals surface area contributed by atoms with E-state index in [1.165, 1.54) is 6.07 Å². The Morgan fingerprint density at radius 1 is 1.18 bits per heavy atom. The van der Waals surface area contributed by atoms with Crippen molar-refractivity contribution in [3.63, 3.8) is 0 Å².